The molecule has 8 nitrogen and oxygen atoms in total. The summed E-state index contributed by atoms with van der Waals surface area (Å²) in [7, 11) is 0. The highest BCUT2D eigenvalue weighted by Gasteiger charge is 2.48. The molecule has 1 aromatic heterocycles. The van der Waals surface area contributed by atoms with Gasteiger partial charge in [-0.25, -0.2) is 0 Å². The van der Waals surface area contributed by atoms with Gasteiger partial charge >= 0.3 is 0 Å². The fourth-order valence-electron chi connectivity index (χ4n) is 4.51. The normalized spacial score (nSPS) is 17.7. The quantitative estimate of drug-likeness (QED) is 0.644. The summed E-state index contributed by atoms with van der Waals surface area (Å²) in [4.78, 5) is 20.2. The van der Waals surface area contributed by atoms with E-state index in [1.165, 1.54) is 0 Å². The number of ether oxygens (including phenoxy) is 1. The number of hydrogen-bond donors (Lipinski definition) is 1. The van der Waals surface area contributed by atoms with Gasteiger partial charge in [0.2, 0.25) is 5.82 Å². The highest BCUT2D eigenvalue weighted by Crippen LogP contribution is 2.35. The van der Waals surface area contributed by atoms with Gasteiger partial charge in [-0.15, -0.1) is 10.2 Å². The van der Waals surface area contributed by atoms with Crippen molar-refractivity contribution in [3.05, 3.63) is 54.1 Å². The van der Waals surface area contributed by atoms with Crippen molar-refractivity contribution in [1.29, 1.82) is 0 Å². The number of amides is 1. The van der Waals surface area contributed by atoms with Crippen LogP contribution in [0.4, 0.5) is 0 Å². The van der Waals surface area contributed by atoms with E-state index in [-0.39, 0.29) is 5.91 Å². The Bertz CT molecular complexity index is 1120. The van der Waals surface area contributed by atoms with Gasteiger partial charge in [-0.05, 0) is 28.3 Å². The molecule has 0 bridgehead atoms. The Morgan fingerprint density at radius 3 is 2.50 bits per heavy atom. The van der Waals surface area contributed by atoms with Gasteiger partial charge in [0.25, 0.3) is 5.91 Å². The van der Waals surface area contributed by atoms with Gasteiger partial charge in [-0.2, -0.15) is 5.21 Å². The lowest BCUT2D eigenvalue weighted by molar-refractivity contribution is -0.134. The molecule has 1 amide bonds. The van der Waals surface area contributed by atoms with E-state index in [4.69, 9.17) is 9.73 Å². The minimum atomic E-state index is -0.619. The van der Waals surface area contributed by atoms with Crippen LogP contribution in [-0.2, 0) is 16.1 Å². The van der Waals surface area contributed by atoms with Crippen LogP contribution in [0.5, 0.6) is 0 Å². The SMILES string of the molecule is CCCC1=NC2(CCOCC2)C(=O)N1Cc1ccc(-c2ccccc2-c2nn[nH]n2)cc1. The maximum Gasteiger partial charge on any atom is 0.256 e. The molecule has 1 saturated heterocycles. The van der Waals surface area contributed by atoms with Crippen molar-refractivity contribution in [1.82, 2.24) is 25.5 Å². The van der Waals surface area contributed by atoms with Crippen molar-refractivity contribution < 1.29 is 9.53 Å². The van der Waals surface area contributed by atoms with E-state index in [0.29, 0.717) is 38.4 Å². The minimum Gasteiger partial charge on any atom is -0.381 e. The molecule has 1 spiro atoms. The number of H-pyrrole nitrogens is 1. The maximum atomic E-state index is 13.4. The average molecular weight is 431 g/mol. The fraction of sp³-hybridized carbons (Fsp3) is 0.375. The van der Waals surface area contributed by atoms with Crippen LogP contribution in [0.2, 0.25) is 0 Å². The summed E-state index contributed by atoms with van der Waals surface area (Å²) in [6.07, 6.45) is 3.11. The first-order valence-electron chi connectivity index (χ1n) is 11.1. The Balaban J connectivity index is 1.39. The van der Waals surface area contributed by atoms with Crippen LogP contribution in [0, 0.1) is 0 Å². The number of benzene rings is 2. The lowest BCUT2D eigenvalue weighted by atomic mass is 9.90. The molecule has 5 rings (SSSR count). The predicted octanol–water partition coefficient (Wildman–Crippen LogP) is 3.62. The zero-order valence-corrected chi connectivity index (χ0v) is 18.1. The van der Waals surface area contributed by atoms with E-state index in [0.717, 1.165) is 40.9 Å². The Morgan fingerprint density at radius 2 is 1.81 bits per heavy atom. The van der Waals surface area contributed by atoms with E-state index >= 15 is 0 Å². The van der Waals surface area contributed by atoms with Crippen molar-refractivity contribution in [2.75, 3.05) is 13.2 Å². The molecule has 2 aromatic carbocycles. The number of aromatic nitrogens is 4. The highest BCUT2D eigenvalue weighted by atomic mass is 16.5. The molecule has 0 radical (unpaired) electrons. The van der Waals surface area contributed by atoms with Crippen LogP contribution in [0.1, 0.15) is 38.2 Å². The van der Waals surface area contributed by atoms with Crippen molar-refractivity contribution in [3.8, 4) is 22.5 Å². The number of tetrazole rings is 1. The number of nitrogens with one attached hydrogen (secondary N) is 1. The average Bonchev–Trinajstić information content (AvgIpc) is 3.45. The molecule has 3 heterocycles. The first-order chi connectivity index (χ1) is 15.7. The number of carbonyl (C=O) groups excluding carboxylic acids is 1. The lowest BCUT2D eigenvalue weighted by Crippen LogP contribution is -2.45. The van der Waals surface area contributed by atoms with Gasteiger partial charge < -0.3 is 4.74 Å². The van der Waals surface area contributed by atoms with Gasteiger partial charge in [-0.1, -0.05) is 55.5 Å². The van der Waals surface area contributed by atoms with Crippen molar-refractivity contribution in [2.45, 2.75) is 44.7 Å². The molecule has 0 aliphatic carbocycles. The summed E-state index contributed by atoms with van der Waals surface area (Å²) < 4.78 is 5.49. The van der Waals surface area contributed by atoms with Gasteiger partial charge in [0.15, 0.2) is 0 Å². The van der Waals surface area contributed by atoms with E-state index in [1.54, 1.807) is 0 Å². The summed E-state index contributed by atoms with van der Waals surface area (Å²) in [6.45, 7) is 3.84. The number of aliphatic imine (C=N–C) groups is 1. The fourth-order valence-corrected chi connectivity index (χ4v) is 4.51. The van der Waals surface area contributed by atoms with E-state index < -0.39 is 5.54 Å². The molecule has 2 aliphatic heterocycles. The van der Waals surface area contributed by atoms with Crippen LogP contribution in [0.3, 0.4) is 0 Å². The largest absolute Gasteiger partial charge is 0.381 e. The Kier molecular flexibility index (Phi) is 5.53. The standard InChI is InChI=1S/C24H26N6O2/c1-2-5-21-25-24(12-14-32-15-13-24)23(31)30(21)16-17-8-10-18(11-9-17)19-6-3-4-7-20(19)22-26-28-29-27-22/h3-4,6-11H,2,5,12-16H2,1H3,(H,26,27,28,29). The molecular formula is C24H26N6O2. The highest BCUT2D eigenvalue weighted by molar-refractivity contribution is 6.08. The zero-order valence-electron chi connectivity index (χ0n) is 18.1. The third kappa shape index (κ3) is 3.71. The van der Waals surface area contributed by atoms with Gasteiger partial charge in [0, 0.05) is 38.0 Å². The van der Waals surface area contributed by atoms with Gasteiger partial charge in [0.05, 0.1) is 6.54 Å². The molecule has 1 N–H and O–H groups in total. The maximum absolute atomic E-state index is 13.4. The molecule has 3 aromatic rings. The molecular weight excluding hydrogens is 404 g/mol. The first kappa shape index (κ1) is 20.5. The second-order valence-corrected chi connectivity index (χ2v) is 8.29. The van der Waals surface area contributed by atoms with Crippen LogP contribution < -0.4 is 0 Å². The summed E-state index contributed by atoms with van der Waals surface area (Å²) in [6, 6.07) is 16.3. The number of nitrogens with zero attached hydrogens (tertiary/aromatic N) is 5. The lowest BCUT2D eigenvalue weighted by Gasteiger charge is -2.29. The number of carbonyl (C=O) groups is 1. The predicted molar refractivity (Wildman–Crippen MR) is 121 cm³/mol. The van der Waals surface area contributed by atoms with Crippen molar-refractivity contribution in [3.63, 3.8) is 0 Å². The minimum absolute atomic E-state index is 0.121. The van der Waals surface area contributed by atoms with E-state index in [1.807, 2.05) is 29.2 Å². The Labute approximate surface area is 186 Å². The molecule has 8 heteroatoms. The monoisotopic (exact) mass is 430 g/mol. The van der Waals surface area contributed by atoms with E-state index in [9.17, 15) is 4.79 Å². The molecule has 2 aliphatic rings. The third-order valence-electron chi connectivity index (χ3n) is 6.21. The second-order valence-electron chi connectivity index (χ2n) is 8.29. The topological polar surface area (TPSA) is 96.4 Å². The Morgan fingerprint density at radius 1 is 1.06 bits per heavy atom. The summed E-state index contributed by atoms with van der Waals surface area (Å²) >= 11 is 0. The Hall–Kier alpha value is -3.39. The zero-order chi connectivity index (χ0) is 22.0. The molecule has 0 saturated carbocycles. The van der Waals surface area contributed by atoms with Crippen LogP contribution in [-0.4, -0.2) is 56.0 Å². The number of aromatic amines is 1. The summed E-state index contributed by atoms with van der Waals surface area (Å²) in [5.74, 6) is 1.59. The van der Waals surface area contributed by atoms with Gasteiger partial charge in [-0.3, -0.25) is 14.7 Å². The number of rotatable bonds is 6. The third-order valence-corrected chi connectivity index (χ3v) is 6.21. The smallest absolute Gasteiger partial charge is 0.256 e. The van der Waals surface area contributed by atoms with Gasteiger partial charge in [0.1, 0.15) is 11.4 Å². The summed E-state index contributed by atoms with van der Waals surface area (Å²) in [5, 5.41) is 14.4. The molecule has 0 unspecified atom stereocenters. The number of amidine groups is 1. The van der Waals surface area contributed by atoms with Crippen molar-refractivity contribution >= 4 is 11.7 Å². The van der Waals surface area contributed by atoms with Crippen molar-refractivity contribution in [2.24, 2.45) is 4.99 Å². The van der Waals surface area contributed by atoms with Crippen LogP contribution >= 0.6 is 0 Å². The van der Waals surface area contributed by atoms with E-state index in [2.05, 4.69) is 51.8 Å². The van der Waals surface area contributed by atoms with Crippen LogP contribution in [0.25, 0.3) is 22.5 Å². The second kappa shape index (κ2) is 8.63. The molecule has 32 heavy (non-hydrogen) atoms. The summed E-state index contributed by atoms with van der Waals surface area (Å²) in [5.41, 5.74) is 3.47. The molecule has 164 valence electrons. The number of hydrogen-bond acceptors (Lipinski definition) is 6. The molecule has 1 fully saturated rings. The first-order valence-corrected chi connectivity index (χ1v) is 11.1. The molecule has 0 atom stereocenters. The van der Waals surface area contributed by atoms with Crippen LogP contribution in [0.15, 0.2) is 53.5 Å².